The number of benzene rings is 2. The second-order valence-electron chi connectivity index (χ2n) is 8.20. The zero-order chi connectivity index (χ0) is 23.9. The lowest BCUT2D eigenvalue weighted by Gasteiger charge is -2.23. The molecule has 7 nitrogen and oxygen atoms in total. The Hall–Kier alpha value is -4.00. The smallest absolute Gasteiger partial charge is 0.318 e. The molecule has 0 saturated carbocycles. The van der Waals surface area contributed by atoms with E-state index in [-0.39, 0.29) is 6.03 Å². The van der Waals surface area contributed by atoms with Gasteiger partial charge in [-0.1, -0.05) is 37.3 Å². The van der Waals surface area contributed by atoms with E-state index in [1.807, 2.05) is 87.5 Å². The van der Waals surface area contributed by atoms with Gasteiger partial charge in [0.1, 0.15) is 11.5 Å². The monoisotopic (exact) mass is 458 g/mol. The number of amides is 2. The normalized spacial score (nSPS) is 10.8. The SMILES string of the molecule is CCCNC(=O)N(Cc1ccco1)Cc1c(C)nn(-c2ccccc2)c1Oc1cccc(C)c1. The van der Waals surface area contributed by atoms with Gasteiger partial charge in [-0.25, -0.2) is 9.48 Å². The number of nitrogens with one attached hydrogen (secondary N) is 1. The fourth-order valence-electron chi connectivity index (χ4n) is 3.68. The summed E-state index contributed by atoms with van der Waals surface area (Å²) >= 11 is 0. The van der Waals surface area contributed by atoms with Crippen LogP contribution in [0, 0.1) is 13.8 Å². The van der Waals surface area contributed by atoms with E-state index >= 15 is 0 Å². The van der Waals surface area contributed by atoms with Crippen molar-refractivity contribution in [3.8, 4) is 17.3 Å². The molecule has 2 aromatic carbocycles. The highest BCUT2D eigenvalue weighted by Gasteiger charge is 2.24. The number of aromatic nitrogens is 2. The van der Waals surface area contributed by atoms with Crippen molar-refractivity contribution in [1.29, 1.82) is 0 Å². The number of hydrogen-bond acceptors (Lipinski definition) is 4. The molecule has 0 aliphatic carbocycles. The molecule has 4 rings (SSSR count). The molecule has 0 spiro atoms. The van der Waals surface area contributed by atoms with Gasteiger partial charge in [-0.2, -0.15) is 5.10 Å². The quantitative estimate of drug-likeness (QED) is 0.334. The third-order valence-corrected chi connectivity index (χ3v) is 5.43. The summed E-state index contributed by atoms with van der Waals surface area (Å²) in [6.45, 7) is 7.24. The molecule has 2 aromatic heterocycles. The first-order chi connectivity index (χ1) is 16.5. The van der Waals surface area contributed by atoms with Crippen LogP contribution in [0.5, 0.6) is 11.6 Å². The van der Waals surface area contributed by atoms with Crippen molar-refractivity contribution < 1.29 is 13.9 Å². The van der Waals surface area contributed by atoms with Gasteiger partial charge in [-0.15, -0.1) is 0 Å². The minimum Gasteiger partial charge on any atom is -0.467 e. The van der Waals surface area contributed by atoms with E-state index in [0.29, 0.717) is 37.0 Å². The average molecular weight is 459 g/mol. The van der Waals surface area contributed by atoms with Crippen molar-refractivity contribution in [2.45, 2.75) is 40.3 Å². The van der Waals surface area contributed by atoms with Gasteiger partial charge in [-0.05, 0) is 62.2 Å². The fourth-order valence-corrected chi connectivity index (χ4v) is 3.68. The van der Waals surface area contributed by atoms with Crippen LogP contribution in [0.15, 0.2) is 77.4 Å². The van der Waals surface area contributed by atoms with Gasteiger partial charge in [0.25, 0.3) is 0 Å². The second kappa shape index (κ2) is 10.7. The molecule has 34 heavy (non-hydrogen) atoms. The molecule has 4 aromatic rings. The van der Waals surface area contributed by atoms with Crippen molar-refractivity contribution in [1.82, 2.24) is 20.0 Å². The van der Waals surface area contributed by atoms with E-state index < -0.39 is 0 Å². The third-order valence-electron chi connectivity index (χ3n) is 5.43. The maximum Gasteiger partial charge on any atom is 0.318 e. The molecular weight excluding hydrogens is 428 g/mol. The number of carbonyl (C=O) groups excluding carboxylic acids is 1. The van der Waals surface area contributed by atoms with Crippen molar-refractivity contribution in [2.75, 3.05) is 6.54 Å². The maximum atomic E-state index is 13.0. The summed E-state index contributed by atoms with van der Waals surface area (Å²) in [4.78, 5) is 14.8. The Balaban J connectivity index is 1.73. The van der Waals surface area contributed by atoms with Crippen LogP contribution >= 0.6 is 0 Å². The number of furan rings is 1. The van der Waals surface area contributed by atoms with E-state index in [0.717, 1.165) is 28.9 Å². The molecule has 0 bridgehead atoms. The van der Waals surface area contributed by atoms with Crippen molar-refractivity contribution in [3.63, 3.8) is 0 Å². The summed E-state index contributed by atoms with van der Waals surface area (Å²) in [5.74, 6) is 2.01. The lowest BCUT2D eigenvalue weighted by Crippen LogP contribution is -2.39. The topological polar surface area (TPSA) is 72.5 Å². The first-order valence-corrected chi connectivity index (χ1v) is 11.5. The number of aryl methyl sites for hydroxylation is 2. The summed E-state index contributed by atoms with van der Waals surface area (Å²) < 4.78 is 13.7. The minimum absolute atomic E-state index is 0.161. The van der Waals surface area contributed by atoms with Crippen LogP contribution in [0.4, 0.5) is 4.79 Å². The van der Waals surface area contributed by atoms with Crippen LogP contribution in [0.3, 0.4) is 0 Å². The summed E-state index contributed by atoms with van der Waals surface area (Å²) in [5, 5.41) is 7.76. The highest BCUT2D eigenvalue weighted by Crippen LogP contribution is 2.32. The number of hydrogen-bond donors (Lipinski definition) is 1. The van der Waals surface area contributed by atoms with Crippen molar-refractivity contribution >= 4 is 6.03 Å². The van der Waals surface area contributed by atoms with Gasteiger partial charge < -0.3 is 19.4 Å². The predicted octanol–water partition coefficient (Wildman–Crippen LogP) is 6.00. The number of ether oxygens (including phenoxy) is 1. The summed E-state index contributed by atoms with van der Waals surface area (Å²) in [7, 11) is 0. The molecule has 7 heteroatoms. The highest BCUT2D eigenvalue weighted by molar-refractivity contribution is 5.74. The maximum absolute atomic E-state index is 13.0. The van der Waals surface area contributed by atoms with Crippen molar-refractivity contribution in [3.05, 3.63) is 95.6 Å². The fraction of sp³-hybridized carbons (Fsp3) is 0.259. The Bertz CT molecular complexity index is 1220. The molecule has 0 atom stereocenters. The van der Waals surface area contributed by atoms with Crippen LogP contribution in [0.25, 0.3) is 5.69 Å². The molecule has 0 aliphatic heterocycles. The molecule has 0 radical (unpaired) electrons. The van der Waals surface area contributed by atoms with E-state index in [2.05, 4.69) is 5.32 Å². The van der Waals surface area contributed by atoms with Crippen LogP contribution in [0.1, 0.15) is 35.9 Å². The summed E-state index contributed by atoms with van der Waals surface area (Å²) in [6.07, 6.45) is 2.47. The third kappa shape index (κ3) is 5.49. The molecule has 176 valence electrons. The second-order valence-corrected chi connectivity index (χ2v) is 8.20. The van der Waals surface area contributed by atoms with Gasteiger partial charge in [0.2, 0.25) is 5.88 Å². The molecule has 1 N–H and O–H groups in total. The van der Waals surface area contributed by atoms with Crippen LogP contribution in [-0.4, -0.2) is 27.3 Å². The van der Waals surface area contributed by atoms with Gasteiger partial charge in [0.05, 0.1) is 36.3 Å². The Morgan fingerprint density at radius 1 is 1.06 bits per heavy atom. The Labute approximate surface area is 200 Å². The number of nitrogens with zero attached hydrogens (tertiary/aromatic N) is 3. The molecule has 0 unspecified atom stereocenters. The number of para-hydroxylation sites is 1. The molecule has 0 fully saturated rings. The van der Waals surface area contributed by atoms with Crippen molar-refractivity contribution in [2.24, 2.45) is 0 Å². The first-order valence-electron chi connectivity index (χ1n) is 11.5. The van der Waals surface area contributed by atoms with E-state index in [9.17, 15) is 4.79 Å². The summed E-state index contributed by atoms with van der Waals surface area (Å²) in [6, 6.07) is 21.3. The zero-order valence-corrected chi connectivity index (χ0v) is 19.8. The van der Waals surface area contributed by atoms with Gasteiger partial charge in [0, 0.05) is 6.54 Å². The minimum atomic E-state index is -0.161. The first kappa shape index (κ1) is 23.2. The van der Waals surface area contributed by atoms with Gasteiger partial charge >= 0.3 is 6.03 Å². The largest absolute Gasteiger partial charge is 0.467 e. The Morgan fingerprint density at radius 2 is 1.88 bits per heavy atom. The molecule has 2 heterocycles. The van der Waals surface area contributed by atoms with E-state index in [1.54, 1.807) is 15.8 Å². The lowest BCUT2D eigenvalue weighted by atomic mass is 10.2. The number of urea groups is 1. The Morgan fingerprint density at radius 3 is 2.59 bits per heavy atom. The number of rotatable bonds is 9. The molecule has 0 saturated heterocycles. The molecule has 0 aliphatic rings. The zero-order valence-electron chi connectivity index (χ0n) is 19.8. The van der Waals surface area contributed by atoms with Crippen LogP contribution in [0.2, 0.25) is 0 Å². The van der Waals surface area contributed by atoms with Crippen LogP contribution in [-0.2, 0) is 13.1 Å². The molecular formula is C27H30N4O3. The Kier molecular flexibility index (Phi) is 7.32. The highest BCUT2D eigenvalue weighted by atomic mass is 16.5. The van der Waals surface area contributed by atoms with Gasteiger partial charge in [0.15, 0.2) is 0 Å². The lowest BCUT2D eigenvalue weighted by molar-refractivity contribution is 0.186. The number of carbonyl (C=O) groups is 1. The van der Waals surface area contributed by atoms with E-state index in [4.69, 9.17) is 14.3 Å². The molecule has 2 amide bonds. The van der Waals surface area contributed by atoms with E-state index in [1.165, 1.54) is 0 Å². The predicted molar refractivity (Wildman–Crippen MR) is 131 cm³/mol. The van der Waals surface area contributed by atoms with Crippen LogP contribution < -0.4 is 10.1 Å². The average Bonchev–Trinajstić information content (AvgIpc) is 3.46. The summed E-state index contributed by atoms with van der Waals surface area (Å²) in [5.41, 5.74) is 3.61. The standard InChI is InChI=1S/C27H30N4O3/c1-4-15-28-27(32)30(18-24-14-9-16-33-24)19-25-21(3)29-31(22-11-6-5-7-12-22)26(25)34-23-13-8-10-20(2)17-23/h5-14,16-17H,4,15,18-19H2,1-3H3,(H,28,32). The van der Waals surface area contributed by atoms with Gasteiger partial charge in [-0.3, -0.25) is 0 Å².